The van der Waals surface area contributed by atoms with E-state index in [0.717, 1.165) is 0 Å². The predicted octanol–water partition coefficient (Wildman–Crippen LogP) is 0.263. The molecule has 13 heavy (non-hydrogen) atoms. The minimum atomic E-state index is -1.35. The molecular formula is C5H4Cl2N4O2. The van der Waals surface area contributed by atoms with E-state index in [1.165, 1.54) is 0 Å². The van der Waals surface area contributed by atoms with E-state index >= 15 is 0 Å². The standard InChI is InChI=1S/C5H4Cl2N4O2/c6-4-9-2(1(8)3(12)13)10-5(7)11-4/h1H,8H2,(H,12,13). The highest BCUT2D eigenvalue weighted by Crippen LogP contribution is 2.10. The Kier molecular flexibility index (Phi) is 2.97. The number of hydrogen-bond acceptors (Lipinski definition) is 5. The Balaban J connectivity index is 3.07. The Labute approximate surface area is 82.7 Å². The van der Waals surface area contributed by atoms with Gasteiger partial charge < -0.3 is 10.8 Å². The summed E-state index contributed by atoms with van der Waals surface area (Å²) in [5.74, 6) is -1.43. The van der Waals surface area contributed by atoms with Crippen molar-refractivity contribution in [2.45, 2.75) is 6.04 Å². The van der Waals surface area contributed by atoms with E-state index in [1.54, 1.807) is 0 Å². The first-order valence-electron chi connectivity index (χ1n) is 3.06. The second-order valence-corrected chi connectivity index (χ2v) is 2.72. The number of aliphatic carboxylic acids is 1. The molecule has 0 radical (unpaired) electrons. The lowest BCUT2D eigenvalue weighted by molar-refractivity contribution is -0.138. The zero-order chi connectivity index (χ0) is 10.0. The van der Waals surface area contributed by atoms with Crippen LogP contribution in [-0.2, 0) is 4.79 Å². The Morgan fingerprint density at radius 1 is 1.31 bits per heavy atom. The molecule has 0 bridgehead atoms. The molecule has 0 spiro atoms. The van der Waals surface area contributed by atoms with Gasteiger partial charge in [-0.25, -0.2) is 9.97 Å². The lowest BCUT2D eigenvalue weighted by Crippen LogP contribution is -2.23. The fraction of sp³-hybridized carbons (Fsp3) is 0.200. The lowest BCUT2D eigenvalue weighted by atomic mass is 10.3. The molecule has 0 aromatic carbocycles. The third-order valence-electron chi connectivity index (χ3n) is 1.14. The molecule has 1 aromatic heterocycles. The van der Waals surface area contributed by atoms with E-state index in [0.29, 0.717) is 0 Å². The number of carboxylic acid groups (broad SMARTS) is 1. The van der Waals surface area contributed by atoms with E-state index in [1.807, 2.05) is 0 Å². The van der Waals surface area contributed by atoms with Crippen molar-refractivity contribution in [3.05, 3.63) is 16.4 Å². The van der Waals surface area contributed by atoms with Gasteiger partial charge in [0.2, 0.25) is 10.6 Å². The smallest absolute Gasteiger partial charge is 0.328 e. The summed E-state index contributed by atoms with van der Waals surface area (Å²) in [4.78, 5) is 20.9. The Bertz CT molecular complexity index is 325. The number of carboxylic acids is 1. The average Bonchev–Trinajstić information content (AvgIpc) is 2.01. The molecule has 0 fully saturated rings. The van der Waals surface area contributed by atoms with Crippen molar-refractivity contribution in [2.75, 3.05) is 0 Å². The van der Waals surface area contributed by atoms with Crippen LogP contribution in [0.5, 0.6) is 0 Å². The molecule has 1 rings (SSSR count). The van der Waals surface area contributed by atoms with Crippen molar-refractivity contribution in [2.24, 2.45) is 5.73 Å². The maximum Gasteiger partial charge on any atom is 0.328 e. The molecule has 3 N–H and O–H groups in total. The summed E-state index contributed by atoms with van der Waals surface area (Å²) < 4.78 is 0. The van der Waals surface area contributed by atoms with Crippen molar-refractivity contribution >= 4 is 29.2 Å². The van der Waals surface area contributed by atoms with Gasteiger partial charge >= 0.3 is 5.97 Å². The van der Waals surface area contributed by atoms with Gasteiger partial charge in [0.25, 0.3) is 0 Å². The Hall–Kier alpha value is -0.980. The highest BCUT2D eigenvalue weighted by atomic mass is 35.5. The van der Waals surface area contributed by atoms with Crippen molar-refractivity contribution in [1.29, 1.82) is 0 Å². The van der Waals surface area contributed by atoms with Gasteiger partial charge in [-0.3, -0.25) is 4.79 Å². The number of carbonyl (C=O) groups is 1. The molecule has 6 nitrogen and oxygen atoms in total. The van der Waals surface area contributed by atoms with Crippen LogP contribution in [0, 0.1) is 0 Å². The molecule has 0 saturated carbocycles. The minimum absolute atomic E-state index is 0.169. The van der Waals surface area contributed by atoms with Crippen LogP contribution >= 0.6 is 23.2 Å². The number of rotatable bonds is 2. The molecule has 1 aromatic rings. The molecular weight excluding hydrogens is 219 g/mol. The average molecular weight is 223 g/mol. The first kappa shape index (κ1) is 10.1. The summed E-state index contributed by atoms with van der Waals surface area (Å²) in [6, 6.07) is -1.35. The van der Waals surface area contributed by atoms with Crippen LogP contribution in [-0.4, -0.2) is 26.0 Å². The van der Waals surface area contributed by atoms with Crippen LogP contribution in [0.4, 0.5) is 0 Å². The van der Waals surface area contributed by atoms with Gasteiger partial charge in [0, 0.05) is 0 Å². The first-order valence-corrected chi connectivity index (χ1v) is 3.81. The minimum Gasteiger partial charge on any atom is -0.480 e. The van der Waals surface area contributed by atoms with Gasteiger partial charge in [0.05, 0.1) is 0 Å². The van der Waals surface area contributed by atoms with E-state index in [2.05, 4.69) is 15.0 Å². The molecule has 0 saturated heterocycles. The van der Waals surface area contributed by atoms with Gasteiger partial charge in [0.15, 0.2) is 11.9 Å². The fourth-order valence-electron chi connectivity index (χ4n) is 0.590. The molecule has 0 aliphatic carbocycles. The van der Waals surface area contributed by atoms with Gasteiger partial charge in [0.1, 0.15) is 0 Å². The molecule has 0 amide bonds. The van der Waals surface area contributed by atoms with Crippen LogP contribution < -0.4 is 5.73 Å². The largest absolute Gasteiger partial charge is 0.480 e. The summed E-state index contributed by atoms with van der Waals surface area (Å²) in [5.41, 5.74) is 5.21. The third kappa shape index (κ3) is 2.48. The van der Waals surface area contributed by atoms with E-state index in [9.17, 15) is 4.79 Å². The van der Waals surface area contributed by atoms with Crippen LogP contribution in [0.3, 0.4) is 0 Å². The van der Waals surface area contributed by atoms with Gasteiger partial charge in [-0.1, -0.05) is 0 Å². The van der Waals surface area contributed by atoms with Crippen LogP contribution in [0.15, 0.2) is 0 Å². The van der Waals surface area contributed by atoms with Gasteiger partial charge in [-0.15, -0.1) is 0 Å². The fourth-order valence-corrected chi connectivity index (χ4v) is 0.966. The number of hydrogen-bond donors (Lipinski definition) is 2. The number of nitrogens with two attached hydrogens (primary N) is 1. The summed E-state index contributed by atoms with van der Waals surface area (Å²) in [5, 5.41) is 8.13. The summed E-state index contributed by atoms with van der Waals surface area (Å²) in [6.45, 7) is 0. The molecule has 8 heteroatoms. The number of nitrogens with zero attached hydrogens (tertiary/aromatic N) is 3. The molecule has 1 atom stereocenters. The second kappa shape index (κ2) is 3.82. The number of halogens is 2. The molecule has 1 unspecified atom stereocenters. The van der Waals surface area contributed by atoms with Crippen LogP contribution in [0.1, 0.15) is 11.9 Å². The topological polar surface area (TPSA) is 102 Å². The van der Waals surface area contributed by atoms with Crippen molar-refractivity contribution in [1.82, 2.24) is 15.0 Å². The second-order valence-electron chi connectivity index (χ2n) is 2.05. The van der Waals surface area contributed by atoms with Gasteiger partial charge in [-0.2, -0.15) is 4.98 Å². The predicted molar refractivity (Wildman–Crippen MR) is 44.4 cm³/mol. The summed E-state index contributed by atoms with van der Waals surface area (Å²) >= 11 is 10.8. The molecule has 0 aliphatic rings. The molecule has 1 heterocycles. The van der Waals surface area contributed by atoms with Crippen molar-refractivity contribution in [3.63, 3.8) is 0 Å². The van der Waals surface area contributed by atoms with E-state index in [-0.39, 0.29) is 16.4 Å². The maximum absolute atomic E-state index is 10.4. The lowest BCUT2D eigenvalue weighted by Gasteiger charge is -2.03. The van der Waals surface area contributed by atoms with Crippen molar-refractivity contribution < 1.29 is 9.90 Å². The zero-order valence-electron chi connectivity index (χ0n) is 6.11. The quantitative estimate of drug-likeness (QED) is 0.745. The van der Waals surface area contributed by atoms with E-state index in [4.69, 9.17) is 34.0 Å². The van der Waals surface area contributed by atoms with E-state index < -0.39 is 12.0 Å². The normalized spacial score (nSPS) is 12.5. The molecule has 70 valence electrons. The summed E-state index contributed by atoms with van der Waals surface area (Å²) in [6.07, 6.45) is 0. The zero-order valence-corrected chi connectivity index (χ0v) is 7.62. The molecule has 0 aliphatic heterocycles. The third-order valence-corrected chi connectivity index (χ3v) is 1.48. The SMILES string of the molecule is NC(C(=O)O)c1nc(Cl)nc(Cl)n1. The summed E-state index contributed by atoms with van der Waals surface area (Å²) in [7, 11) is 0. The monoisotopic (exact) mass is 222 g/mol. The highest BCUT2D eigenvalue weighted by Gasteiger charge is 2.18. The Morgan fingerprint density at radius 3 is 2.15 bits per heavy atom. The highest BCUT2D eigenvalue weighted by molar-refractivity contribution is 6.31. The van der Waals surface area contributed by atoms with Crippen molar-refractivity contribution in [3.8, 4) is 0 Å². The maximum atomic E-state index is 10.4. The van der Waals surface area contributed by atoms with Gasteiger partial charge in [-0.05, 0) is 23.2 Å². The van der Waals surface area contributed by atoms with Crippen LogP contribution in [0.2, 0.25) is 10.6 Å². The van der Waals surface area contributed by atoms with Crippen LogP contribution in [0.25, 0.3) is 0 Å². The Morgan fingerprint density at radius 2 is 1.77 bits per heavy atom. The number of aromatic nitrogens is 3. The first-order chi connectivity index (χ1) is 6.00.